The fourth-order valence-electron chi connectivity index (χ4n) is 2.17. The molecule has 2 rings (SSSR count). The lowest BCUT2D eigenvalue weighted by Crippen LogP contribution is -2.35. The Kier molecular flexibility index (Phi) is 8.30. The molecule has 2 amide bonds. The number of hydrogen-bond donors (Lipinski definition) is 1. The van der Waals surface area contributed by atoms with Gasteiger partial charge in [-0.3, -0.25) is 0 Å². The number of methoxy groups -OCH3 is 2. The van der Waals surface area contributed by atoms with E-state index in [2.05, 4.69) is 15.0 Å². The molecule has 0 fully saturated rings. The fraction of sp³-hybridized carbons (Fsp3) is 0.353. The van der Waals surface area contributed by atoms with E-state index < -0.39 is 5.97 Å². The van der Waals surface area contributed by atoms with Crippen molar-refractivity contribution < 1.29 is 19.1 Å². The average Bonchev–Trinajstić information content (AvgIpc) is 3.12. The Morgan fingerprint density at radius 2 is 2.04 bits per heavy atom. The van der Waals surface area contributed by atoms with E-state index in [1.54, 1.807) is 35.6 Å². The summed E-state index contributed by atoms with van der Waals surface area (Å²) in [5, 5.41) is 5.77. The summed E-state index contributed by atoms with van der Waals surface area (Å²) in [6.07, 6.45) is 0.653. The lowest BCUT2D eigenvalue weighted by Gasteiger charge is -2.22. The van der Waals surface area contributed by atoms with Crippen molar-refractivity contribution in [2.24, 2.45) is 0 Å². The molecule has 7 nitrogen and oxygen atoms in total. The van der Waals surface area contributed by atoms with Crippen LogP contribution in [0.4, 0.5) is 10.5 Å². The fourth-order valence-corrected chi connectivity index (χ4v) is 3.25. The number of aromatic nitrogens is 1. The lowest BCUT2D eigenvalue weighted by atomic mass is 10.3. The van der Waals surface area contributed by atoms with Crippen molar-refractivity contribution in [3.05, 3.63) is 44.3 Å². The van der Waals surface area contributed by atoms with Gasteiger partial charge in [-0.05, 0) is 24.6 Å². The Morgan fingerprint density at radius 1 is 1.26 bits per heavy atom. The minimum Gasteiger partial charge on any atom is -0.464 e. The Labute approximate surface area is 171 Å². The molecular formula is C17H19Cl2N3O4S. The highest BCUT2D eigenvalue weighted by Gasteiger charge is 2.18. The zero-order valence-electron chi connectivity index (χ0n) is 14.8. The van der Waals surface area contributed by atoms with Gasteiger partial charge in [0.05, 0.1) is 23.7 Å². The van der Waals surface area contributed by atoms with Gasteiger partial charge in [-0.1, -0.05) is 23.2 Å². The number of rotatable bonds is 8. The molecule has 0 aliphatic carbocycles. The molecule has 0 unspecified atom stereocenters. The number of carbonyl (C=O) groups is 2. The van der Waals surface area contributed by atoms with Gasteiger partial charge >= 0.3 is 12.0 Å². The van der Waals surface area contributed by atoms with Crippen LogP contribution in [0.2, 0.25) is 10.0 Å². The summed E-state index contributed by atoms with van der Waals surface area (Å²) in [5.41, 5.74) is 0.750. The Bertz CT molecular complexity index is 800. The van der Waals surface area contributed by atoms with E-state index in [1.165, 1.54) is 18.4 Å². The molecule has 0 saturated heterocycles. The Morgan fingerprint density at radius 3 is 2.70 bits per heavy atom. The standard InChI is InChI=1S/C17H19Cl2N3O4S/c1-25-7-3-6-22(9-15-21-14(10-27-15)16(23)26-2)17(24)20-11-4-5-12(18)13(19)8-11/h4-5,8,10H,3,6-7,9H2,1-2H3,(H,20,24). The van der Waals surface area contributed by atoms with Gasteiger partial charge in [-0.15, -0.1) is 11.3 Å². The van der Waals surface area contributed by atoms with Crippen molar-refractivity contribution in [2.75, 3.05) is 32.7 Å². The number of esters is 1. The summed E-state index contributed by atoms with van der Waals surface area (Å²) >= 11 is 13.2. The van der Waals surface area contributed by atoms with E-state index in [0.29, 0.717) is 40.3 Å². The van der Waals surface area contributed by atoms with Crippen LogP contribution in [0.15, 0.2) is 23.6 Å². The molecule has 1 N–H and O–H groups in total. The molecule has 0 atom stereocenters. The summed E-state index contributed by atoms with van der Waals surface area (Å²) in [7, 11) is 2.90. The van der Waals surface area contributed by atoms with Crippen LogP contribution < -0.4 is 5.32 Å². The summed E-state index contributed by atoms with van der Waals surface area (Å²) in [6.45, 7) is 1.22. The average molecular weight is 432 g/mol. The zero-order valence-corrected chi connectivity index (χ0v) is 17.2. The van der Waals surface area contributed by atoms with Crippen molar-refractivity contribution in [3.63, 3.8) is 0 Å². The van der Waals surface area contributed by atoms with Gasteiger partial charge in [0.1, 0.15) is 5.01 Å². The van der Waals surface area contributed by atoms with E-state index in [1.807, 2.05) is 0 Å². The summed E-state index contributed by atoms with van der Waals surface area (Å²) in [4.78, 5) is 30.0. The van der Waals surface area contributed by atoms with E-state index >= 15 is 0 Å². The van der Waals surface area contributed by atoms with Crippen LogP contribution in [0.5, 0.6) is 0 Å². The highest BCUT2D eigenvalue weighted by atomic mass is 35.5. The van der Waals surface area contributed by atoms with E-state index in [9.17, 15) is 9.59 Å². The largest absolute Gasteiger partial charge is 0.464 e. The monoisotopic (exact) mass is 431 g/mol. The SMILES string of the molecule is COCCCN(Cc1nc(C(=O)OC)cs1)C(=O)Nc1ccc(Cl)c(Cl)c1. The molecule has 0 bridgehead atoms. The van der Waals surface area contributed by atoms with E-state index in [-0.39, 0.29) is 18.3 Å². The van der Waals surface area contributed by atoms with Crippen LogP contribution in [0.1, 0.15) is 21.9 Å². The first kappa shape index (κ1) is 21.4. The maximum absolute atomic E-state index is 12.7. The van der Waals surface area contributed by atoms with Gasteiger partial charge in [0.25, 0.3) is 0 Å². The highest BCUT2D eigenvalue weighted by Crippen LogP contribution is 2.25. The molecule has 2 aromatic rings. The number of halogens is 2. The second-order valence-corrected chi connectivity index (χ2v) is 7.20. The van der Waals surface area contributed by atoms with Gasteiger partial charge in [-0.25, -0.2) is 14.6 Å². The third-order valence-electron chi connectivity index (χ3n) is 3.51. The van der Waals surface area contributed by atoms with Gasteiger partial charge < -0.3 is 19.7 Å². The molecule has 10 heteroatoms. The molecule has 0 aliphatic rings. The smallest absolute Gasteiger partial charge is 0.357 e. The number of ether oxygens (including phenoxy) is 2. The Hall–Kier alpha value is -1.87. The molecule has 1 aromatic carbocycles. The maximum Gasteiger partial charge on any atom is 0.357 e. The first-order valence-corrected chi connectivity index (χ1v) is 9.60. The number of hydrogen-bond acceptors (Lipinski definition) is 6. The van der Waals surface area contributed by atoms with Crippen LogP contribution in [0, 0.1) is 0 Å². The molecule has 0 radical (unpaired) electrons. The van der Waals surface area contributed by atoms with Gasteiger partial charge in [0, 0.05) is 31.3 Å². The van der Waals surface area contributed by atoms with Crippen LogP contribution in [-0.4, -0.2) is 49.3 Å². The summed E-state index contributed by atoms with van der Waals surface area (Å²) < 4.78 is 9.71. The van der Waals surface area contributed by atoms with Crippen molar-refractivity contribution in [1.29, 1.82) is 0 Å². The molecular weight excluding hydrogens is 413 g/mol. The topological polar surface area (TPSA) is 80.8 Å². The number of nitrogens with one attached hydrogen (secondary N) is 1. The number of nitrogens with zero attached hydrogens (tertiary/aromatic N) is 2. The second kappa shape index (κ2) is 10.5. The van der Waals surface area contributed by atoms with Crippen molar-refractivity contribution >= 4 is 52.2 Å². The Balaban J connectivity index is 2.09. The molecule has 0 aliphatic heterocycles. The predicted octanol–water partition coefficient (Wildman–Crippen LogP) is 4.31. The van der Waals surface area contributed by atoms with Crippen LogP contribution in [-0.2, 0) is 16.0 Å². The maximum atomic E-state index is 12.7. The molecule has 0 saturated carbocycles. The van der Waals surface area contributed by atoms with Crippen LogP contribution in [0.3, 0.4) is 0 Å². The van der Waals surface area contributed by atoms with Crippen molar-refractivity contribution in [3.8, 4) is 0 Å². The zero-order chi connectivity index (χ0) is 19.8. The first-order chi connectivity index (χ1) is 12.9. The molecule has 0 spiro atoms. The van der Waals surface area contributed by atoms with Gasteiger partial charge in [0.2, 0.25) is 0 Å². The molecule has 146 valence electrons. The second-order valence-electron chi connectivity index (χ2n) is 5.45. The highest BCUT2D eigenvalue weighted by molar-refractivity contribution is 7.09. The third-order valence-corrected chi connectivity index (χ3v) is 5.08. The van der Waals surface area contributed by atoms with Gasteiger partial charge in [0.15, 0.2) is 5.69 Å². The number of thiazole rings is 1. The number of benzene rings is 1. The van der Waals surface area contributed by atoms with Crippen LogP contribution >= 0.6 is 34.5 Å². The first-order valence-electron chi connectivity index (χ1n) is 7.97. The number of amides is 2. The van der Waals surface area contributed by atoms with Crippen LogP contribution in [0.25, 0.3) is 0 Å². The minimum atomic E-state index is -0.510. The minimum absolute atomic E-state index is 0.222. The summed E-state index contributed by atoms with van der Waals surface area (Å²) in [6, 6.07) is 4.53. The third kappa shape index (κ3) is 6.35. The predicted molar refractivity (Wildman–Crippen MR) is 106 cm³/mol. The quantitative estimate of drug-likeness (QED) is 0.497. The molecule has 1 heterocycles. The molecule has 1 aromatic heterocycles. The van der Waals surface area contributed by atoms with E-state index in [0.717, 1.165) is 0 Å². The normalized spacial score (nSPS) is 10.5. The van der Waals surface area contributed by atoms with E-state index in [4.69, 9.17) is 27.9 Å². The number of carbonyl (C=O) groups excluding carboxylic acids is 2. The van der Waals surface area contributed by atoms with Gasteiger partial charge in [-0.2, -0.15) is 0 Å². The lowest BCUT2D eigenvalue weighted by molar-refractivity contribution is 0.0594. The number of anilines is 1. The molecule has 27 heavy (non-hydrogen) atoms. The van der Waals surface area contributed by atoms with Crippen molar-refractivity contribution in [1.82, 2.24) is 9.88 Å². The van der Waals surface area contributed by atoms with Crippen molar-refractivity contribution in [2.45, 2.75) is 13.0 Å². The summed E-state index contributed by atoms with van der Waals surface area (Å²) in [5.74, 6) is -0.510. The number of urea groups is 1.